The summed E-state index contributed by atoms with van der Waals surface area (Å²) in [6.45, 7) is 5.28. The Morgan fingerprint density at radius 1 is 1.05 bits per heavy atom. The van der Waals surface area contributed by atoms with Gasteiger partial charge in [0.2, 0.25) is 11.8 Å². The average Bonchev–Trinajstić information content (AvgIpc) is 2.38. The third-order valence-corrected chi connectivity index (χ3v) is 3.96. The van der Waals surface area contributed by atoms with E-state index in [9.17, 15) is 19.5 Å². The molecule has 6 heteroatoms. The quantitative estimate of drug-likeness (QED) is 0.691. The largest absolute Gasteiger partial charge is 0.481 e. The van der Waals surface area contributed by atoms with Gasteiger partial charge < -0.3 is 15.7 Å². The van der Waals surface area contributed by atoms with Crippen molar-refractivity contribution in [2.75, 3.05) is 0 Å². The summed E-state index contributed by atoms with van der Waals surface area (Å²) in [5.74, 6) is -1.53. The molecular formula is C15H26N2O4. The van der Waals surface area contributed by atoms with Gasteiger partial charge in [-0.1, -0.05) is 19.3 Å². The molecule has 1 rings (SSSR count). The van der Waals surface area contributed by atoms with Crippen LogP contribution in [0.25, 0.3) is 0 Å². The average molecular weight is 298 g/mol. The van der Waals surface area contributed by atoms with Gasteiger partial charge in [-0.25, -0.2) is 0 Å². The van der Waals surface area contributed by atoms with Gasteiger partial charge in [-0.2, -0.15) is 0 Å². The van der Waals surface area contributed by atoms with E-state index in [1.807, 2.05) is 13.8 Å². The molecule has 0 aromatic heterocycles. The van der Waals surface area contributed by atoms with Crippen molar-refractivity contribution < 1.29 is 19.5 Å². The molecule has 1 aliphatic rings. The molecule has 1 atom stereocenters. The number of carboxylic acids is 1. The van der Waals surface area contributed by atoms with Crippen molar-refractivity contribution in [3.8, 4) is 0 Å². The molecule has 1 saturated carbocycles. The molecule has 0 saturated heterocycles. The van der Waals surface area contributed by atoms with Gasteiger partial charge in [0.15, 0.2) is 0 Å². The highest BCUT2D eigenvalue weighted by molar-refractivity contribution is 5.90. The fraction of sp³-hybridized carbons (Fsp3) is 0.800. The normalized spacial score (nSPS) is 18.9. The predicted octanol–water partition coefficient (Wildman–Crippen LogP) is 1.44. The molecule has 0 aromatic rings. The molecule has 2 amide bonds. The number of hydrogen-bond donors (Lipinski definition) is 3. The number of aliphatic carboxylic acids is 1. The Hall–Kier alpha value is -1.59. The molecule has 21 heavy (non-hydrogen) atoms. The van der Waals surface area contributed by atoms with Crippen molar-refractivity contribution in [1.82, 2.24) is 10.6 Å². The first-order chi connectivity index (χ1) is 9.77. The Morgan fingerprint density at radius 2 is 1.62 bits per heavy atom. The summed E-state index contributed by atoms with van der Waals surface area (Å²) in [5, 5.41) is 14.8. The van der Waals surface area contributed by atoms with Crippen LogP contribution in [0.2, 0.25) is 0 Å². The second kappa shape index (κ2) is 7.43. The third-order valence-electron chi connectivity index (χ3n) is 3.96. The molecule has 1 fully saturated rings. The number of carbonyl (C=O) groups is 3. The monoisotopic (exact) mass is 298 g/mol. The van der Waals surface area contributed by atoms with E-state index in [0.29, 0.717) is 12.8 Å². The van der Waals surface area contributed by atoms with Crippen LogP contribution in [0.3, 0.4) is 0 Å². The van der Waals surface area contributed by atoms with Crippen LogP contribution in [0.15, 0.2) is 0 Å². The highest BCUT2D eigenvalue weighted by atomic mass is 16.4. The SMILES string of the molecule is CC(C)NC(=O)C(C)NC(=O)CC1(C(=O)O)CCCCC1. The molecule has 0 bridgehead atoms. The topological polar surface area (TPSA) is 95.5 Å². The number of rotatable bonds is 6. The number of carbonyl (C=O) groups excluding carboxylic acids is 2. The second-order valence-corrected chi connectivity index (χ2v) is 6.28. The first-order valence-corrected chi connectivity index (χ1v) is 7.60. The molecule has 0 aromatic carbocycles. The van der Waals surface area contributed by atoms with Gasteiger partial charge in [0, 0.05) is 12.5 Å². The molecule has 0 spiro atoms. The van der Waals surface area contributed by atoms with E-state index in [2.05, 4.69) is 10.6 Å². The van der Waals surface area contributed by atoms with Gasteiger partial charge in [-0.15, -0.1) is 0 Å². The van der Waals surface area contributed by atoms with E-state index in [1.165, 1.54) is 0 Å². The number of amides is 2. The maximum Gasteiger partial charge on any atom is 0.310 e. The molecule has 1 aliphatic carbocycles. The van der Waals surface area contributed by atoms with Gasteiger partial charge in [0.25, 0.3) is 0 Å². The van der Waals surface area contributed by atoms with E-state index >= 15 is 0 Å². The van der Waals surface area contributed by atoms with Crippen LogP contribution in [0, 0.1) is 5.41 Å². The maximum atomic E-state index is 12.1. The molecule has 0 aliphatic heterocycles. The first-order valence-electron chi connectivity index (χ1n) is 7.60. The summed E-state index contributed by atoms with van der Waals surface area (Å²) in [6, 6.07) is -0.658. The van der Waals surface area contributed by atoms with Crippen LogP contribution in [-0.2, 0) is 14.4 Å². The zero-order valence-corrected chi connectivity index (χ0v) is 13.1. The lowest BCUT2D eigenvalue weighted by Crippen LogP contribution is -2.48. The second-order valence-electron chi connectivity index (χ2n) is 6.28. The number of hydrogen-bond acceptors (Lipinski definition) is 3. The minimum absolute atomic E-state index is 0.000517. The minimum atomic E-state index is -0.962. The fourth-order valence-corrected chi connectivity index (χ4v) is 2.77. The summed E-state index contributed by atoms with van der Waals surface area (Å²) in [5.41, 5.74) is -0.962. The van der Waals surface area contributed by atoms with E-state index in [1.54, 1.807) is 6.92 Å². The molecule has 0 radical (unpaired) electrons. The van der Waals surface area contributed by atoms with Crippen LogP contribution in [-0.4, -0.2) is 35.0 Å². The third kappa shape index (κ3) is 5.02. The molecule has 3 N–H and O–H groups in total. The van der Waals surface area contributed by atoms with E-state index < -0.39 is 17.4 Å². The van der Waals surface area contributed by atoms with Gasteiger partial charge in [0.05, 0.1) is 5.41 Å². The minimum Gasteiger partial charge on any atom is -0.481 e. The highest BCUT2D eigenvalue weighted by Gasteiger charge is 2.41. The fourth-order valence-electron chi connectivity index (χ4n) is 2.77. The van der Waals surface area contributed by atoms with Crippen molar-refractivity contribution in [2.24, 2.45) is 5.41 Å². The van der Waals surface area contributed by atoms with Crippen LogP contribution in [0.4, 0.5) is 0 Å². The maximum absolute atomic E-state index is 12.1. The van der Waals surface area contributed by atoms with Crippen molar-refractivity contribution in [1.29, 1.82) is 0 Å². The van der Waals surface area contributed by atoms with Crippen LogP contribution < -0.4 is 10.6 Å². The Kier molecular flexibility index (Phi) is 6.18. The molecule has 1 unspecified atom stereocenters. The lowest BCUT2D eigenvalue weighted by molar-refractivity contribution is -0.154. The summed E-state index contributed by atoms with van der Waals surface area (Å²) in [7, 11) is 0. The summed E-state index contributed by atoms with van der Waals surface area (Å²) in [4.78, 5) is 35.3. The zero-order chi connectivity index (χ0) is 16.0. The van der Waals surface area contributed by atoms with Crippen molar-refractivity contribution in [2.45, 2.75) is 71.4 Å². The first kappa shape index (κ1) is 17.5. The summed E-state index contributed by atoms with van der Waals surface area (Å²) < 4.78 is 0. The van der Waals surface area contributed by atoms with E-state index in [0.717, 1.165) is 19.3 Å². The standard InChI is InChI=1S/C15H26N2O4/c1-10(2)16-13(19)11(3)17-12(18)9-15(14(20)21)7-5-4-6-8-15/h10-11H,4-9H2,1-3H3,(H,16,19)(H,17,18)(H,20,21). The van der Waals surface area contributed by atoms with E-state index in [4.69, 9.17) is 0 Å². The van der Waals surface area contributed by atoms with Crippen LogP contribution in [0.5, 0.6) is 0 Å². The Bertz CT molecular complexity index is 400. The Balaban J connectivity index is 2.58. The molecule has 120 valence electrons. The highest BCUT2D eigenvalue weighted by Crippen LogP contribution is 2.39. The lowest BCUT2D eigenvalue weighted by Gasteiger charge is -2.32. The van der Waals surface area contributed by atoms with E-state index in [-0.39, 0.29) is 24.3 Å². The molecule has 0 heterocycles. The Labute approximate surface area is 125 Å². The number of carboxylic acid groups (broad SMARTS) is 1. The Morgan fingerprint density at radius 3 is 2.10 bits per heavy atom. The molecule has 6 nitrogen and oxygen atoms in total. The van der Waals surface area contributed by atoms with Gasteiger partial charge in [-0.05, 0) is 33.6 Å². The van der Waals surface area contributed by atoms with Gasteiger partial charge in [-0.3, -0.25) is 14.4 Å². The van der Waals surface area contributed by atoms with Crippen molar-refractivity contribution in [3.05, 3.63) is 0 Å². The van der Waals surface area contributed by atoms with Crippen LogP contribution >= 0.6 is 0 Å². The summed E-state index contributed by atoms with van der Waals surface area (Å²) >= 11 is 0. The number of nitrogens with one attached hydrogen (secondary N) is 2. The molecular weight excluding hydrogens is 272 g/mol. The van der Waals surface area contributed by atoms with Gasteiger partial charge in [0.1, 0.15) is 6.04 Å². The summed E-state index contributed by atoms with van der Waals surface area (Å²) in [6.07, 6.45) is 3.70. The van der Waals surface area contributed by atoms with Crippen molar-refractivity contribution in [3.63, 3.8) is 0 Å². The van der Waals surface area contributed by atoms with Crippen molar-refractivity contribution >= 4 is 17.8 Å². The van der Waals surface area contributed by atoms with Gasteiger partial charge >= 0.3 is 5.97 Å². The zero-order valence-electron chi connectivity index (χ0n) is 13.1. The van der Waals surface area contributed by atoms with Crippen LogP contribution in [0.1, 0.15) is 59.3 Å². The predicted molar refractivity (Wildman–Crippen MR) is 78.7 cm³/mol. The smallest absolute Gasteiger partial charge is 0.310 e. The lowest BCUT2D eigenvalue weighted by atomic mass is 9.71.